The van der Waals surface area contributed by atoms with Crippen molar-refractivity contribution >= 4 is 87.9 Å². The van der Waals surface area contributed by atoms with E-state index in [0.717, 1.165) is 10.9 Å². The van der Waals surface area contributed by atoms with Gasteiger partial charge in [-0.2, -0.15) is 0 Å². The highest BCUT2D eigenvalue weighted by molar-refractivity contribution is 5.99. The lowest BCUT2D eigenvalue weighted by Crippen LogP contribution is -2.60. The van der Waals surface area contributed by atoms with Crippen LogP contribution in [-0.4, -0.2) is 180 Å². The molecule has 0 spiro atoms. The van der Waals surface area contributed by atoms with Crippen LogP contribution in [0.1, 0.15) is 95.6 Å². The zero-order chi connectivity index (χ0) is 66.5. The molecule has 1 aliphatic heterocycles. The number of carbonyl (C=O) groups excluding carboxylic acids is 9. The third kappa shape index (κ3) is 25.4. The van der Waals surface area contributed by atoms with Crippen molar-refractivity contribution in [1.29, 1.82) is 0 Å². The summed E-state index contributed by atoms with van der Waals surface area (Å²) in [4.78, 5) is 147. The number of aromatic amines is 1. The van der Waals surface area contributed by atoms with Crippen LogP contribution in [0.5, 0.6) is 5.75 Å². The predicted molar refractivity (Wildman–Crippen MR) is 339 cm³/mol. The molecule has 90 heavy (non-hydrogen) atoms. The van der Waals surface area contributed by atoms with Crippen LogP contribution in [0.2, 0.25) is 0 Å². The van der Waals surface area contributed by atoms with Gasteiger partial charge < -0.3 is 110 Å². The summed E-state index contributed by atoms with van der Waals surface area (Å²) in [5, 5.41) is 29.8. The minimum Gasteiger partial charge on any atom is -0.508 e. The molecule has 4 rings (SSSR count). The number of aromatic hydroxyl groups is 1. The number of fused-ring (bicyclic) bond motifs is 1. The molecule has 0 unspecified atom stereocenters. The Hall–Kier alpha value is -9.95. The maximum Gasteiger partial charge on any atom is 0.245 e. The normalized spacial score (nSPS) is 15.0. The van der Waals surface area contributed by atoms with Gasteiger partial charge in [-0.25, -0.2) is 0 Å². The topological polar surface area (TPSA) is 587 Å². The van der Waals surface area contributed by atoms with E-state index in [2.05, 4.69) is 62.2 Å². The average molecular weight is 1260 g/mol. The number of nitrogens with one attached hydrogen (secondary N) is 8. The Kier molecular flexibility index (Phi) is 29.8. The van der Waals surface area contributed by atoms with Crippen LogP contribution < -0.4 is 94.6 Å². The molecule has 33 nitrogen and oxygen atoms in total. The second-order valence-corrected chi connectivity index (χ2v) is 22.2. The van der Waals surface area contributed by atoms with Crippen LogP contribution >= 0.6 is 0 Å². The number of H-pyrrole nitrogens is 1. The first kappa shape index (κ1) is 72.5. The summed E-state index contributed by atoms with van der Waals surface area (Å²) >= 11 is 0. The fourth-order valence-electron chi connectivity index (χ4n) is 9.90. The molecule has 8 atom stereocenters. The molecular formula is C57H91N23O10. The van der Waals surface area contributed by atoms with E-state index >= 15 is 0 Å². The zero-order valence-corrected chi connectivity index (χ0v) is 51.0. The van der Waals surface area contributed by atoms with Gasteiger partial charge in [-0.05, 0) is 106 Å². The second-order valence-electron chi connectivity index (χ2n) is 22.2. The van der Waals surface area contributed by atoms with Gasteiger partial charge in [-0.1, -0.05) is 44.2 Å². The van der Waals surface area contributed by atoms with Gasteiger partial charge in [0.2, 0.25) is 53.2 Å². The number of rotatable bonds is 38. The number of carbonyl (C=O) groups is 9. The minimum atomic E-state index is -1.46. The molecule has 29 N–H and O–H groups in total. The number of phenolic OH excluding ortho intramolecular Hbond substituents is 1. The lowest BCUT2D eigenvalue weighted by atomic mass is 9.99. The molecule has 1 aromatic heterocycles. The Labute approximate surface area is 521 Å². The van der Waals surface area contributed by atoms with E-state index in [1.54, 1.807) is 6.20 Å². The van der Waals surface area contributed by atoms with Crippen LogP contribution in [0.25, 0.3) is 10.9 Å². The third-order valence-corrected chi connectivity index (χ3v) is 14.4. The Balaban J connectivity index is 1.63. The molecule has 1 fully saturated rings. The molecule has 494 valence electrons. The summed E-state index contributed by atoms with van der Waals surface area (Å²) < 4.78 is 0. The number of phenols is 1. The van der Waals surface area contributed by atoms with Gasteiger partial charge in [0.05, 0.1) is 12.6 Å². The highest BCUT2D eigenvalue weighted by Gasteiger charge is 2.41. The van der Waals surface area contributed by atoms with E-state index < -0.39 is 108 Å². The maximum atomic E-state index is 14.9. The lowest BCUT2D eigenvalue weighted by Gasteiger charge is -2.32. The quantitative estimate of drug-likeness (QED) is 0.0145. The van der Waals surface area contributed by atoms with Crippen LogP contribution in [0.3, 0.4) is 0 Å². The highest BCUT2D eigenvalue weighted by Crippen LogP contribution is 2.23. The molecule has 2 aromatic carbocycles. The number of hydrogen-bond donors (Lipinski definition) is 19. The van der Waals surface area contributed by atoms with Crippen molar-refractivity contribution in [3.05, 3.63) is 65.9 Å². The molecule has 0 bridgehead atoms. The molecule has 0 radical (unpaired) electrons. The fraction of sp³-hybridized carbons (Fsp3) is 0.526. The number of guanidine groups is 4. The molecule has 1 saturated heterocycles. The molecule has 33 heteroatoms. The first-order valence-corrected chi connectivity index (χ1v) is 29.7. The Bertz CT molecular complexity index is 3030. The van der Waals surface area contributed by atoms with E-state index in [0.29, 0.717) is 24.0 Å². The van der Waals surface area contributed by atoms with Crippen molar-refractivity contribution in [1.82, 2.24) is 47.1 Å². The fourth-order valence-corrected chi connectivity index (χ4v) is 9.90. The Morgan fingerprint density at radius 2 is 1.02 bits per heavy atom. The number of amides is 9. The molecule has 1 aliphatic rings. The van der Waals surface area contributed by atoms with Gasteiger partial charge in [0.15, 0.2) is 23.8 Å². The summed E-state index contributed by atoms with van der Waals surface area (Å²) in [5.41, 5.74) is 57.6. The van der Waals surface area contributed by atoms with Gasteiger partial charge >= 0.3 is 0 Å². The van der Waals surface area contributed by atoms with Gasteiger partial charge in [-0.15, -0.1) is 0 Å². The van der Waals surface area contributed by atoms with Crippen molar-refractivity contribution in [2.24, 2.45) is 83.2 Å². The predicted octanol–water partition coefficient (Wildman–Crippen LogP) is -5.25. The van der Waals surface area contributed by atoms with E-state index in [-0.39, 0.29) is 139 Å². The van der Waals surface area contributed by atoms with E-state index in [1.165, 1.54) is 29.2 Å². The Morgan fingerprint density at radius 3 is 1.53 bits per heavy atom. The van der Waals surface area contributed by atoms with Gasteiger partial charge in [-0.3, -0.25) is 63.1 Å². The van der Waals surface area contributed by atoms with Crippen LogP contribution in [-0.2, 0) is 56.0 Å². The standard InChI is InChI=1S/C57H91N23O10/c1-31(2)26-43(53(90)80-25-9-16-44(80)52(89)76-40(15-8-24-71-57(66)67)50(87)78-42(47(84)73-30-45(59)82)28-33-29-72-37-12-4-3-10-35(33)37)79-51(88)41(27-32-17-19-34(81)20-18-32)77-49(86)39(14-7-23-70-56(64)65)75-48(85)38(13-6-22-69-55(62)63)74-46(83)36(58)11-5-21-68-54(60)61/h3-4,10,12,17-20,29,31,36,38-44,72,81H,5-9,11,13-16,21-28,30,58H2,1-2H3,(H2,59,82)(H,73,84)(H,74,83)(H,75,85)(H,76,89)(H,77,86)(H,78,87)(H,79,88)(H4,60,61,68)(H4,62,63,69)(H4,64,65,70)(H4,66,67,71)/t36-,38-,39-,40-,41-,42-,43-,44-/m0/s1. The molecule has 3 aromatic rings. The highest BCUT2D eigenvalue weighted by atomic mass is 16.3. The van der Waals surface area contributed by atoms with Gasteiger partial charge in [0.1, 0.15) is 48.0 Å². The van der Waals surface area contributed by atoms with Crippen molar-refractivity contribution in [3.8, 4) is 5.75 Å². The molecular weight excluding hydrogens is 1170 g/mol. The van der Waals surface area contributed by atoms with Crippen LogP contribution in [0.15, 0.2) is 74.7 Å². The number of hydrogen-bond acceptors (Lipinski definition) is 15. The second kappa shape index (κ2) is 37.0. The Morgan fingerprint density at radius 1 is 0.567 bits per heavy atom. The summed E-state index contributed by atoms with van der Waals surface area (Å²) in [6.45, 7) is 3.56. The lowest BCUT2D eigenvalue weighted by molar-refractivity contribution is -0.143. The van der Waals surface area contributed by atoms with Crippen molar-refractivity contribution in [2.75, 3.05) is 39.3 Å². The van der Waals surface area contributed by atoms with Crippen molar-refractivity contribution in [3.63, 3.8) is 0 Å². The van der Waals surface area contributed by atoms with E-state index in [9.17, 15) is 48.3 Å². The largest absolute Gasteiger partial charge is 0.508 e. The van der Waals surface area contributed by atoms with E-state index in [1.807, 2.05) is 38.1 Å². The SMILES string of the molecule is CC(C)C[C@H](NC(=O)[C@H](Cc1ccc(O)cc1)NC(=O)[C@H](CCCN=C(N)N)NC(=O)[C@H](CCCN=C(N)N)NC(=O)[C@@H](N)CCCN=C(N)N)C(=O)N1CCC[C@H]1C(=O)N[C@@H](CCCN=C(N)N)C(=O)N[C@@H](Cc1c[nH]c2ccccc12)C(=O)NCC(N)=O. The number of aliphatic imine (C=N–C) groups is 4. The minimum absolute atomic E-state index is 0.0148. The van der Waals surface area contributed by atoms with Crippen molar-refractivity contribution < 1.29 is 48.3 Å². The molecule has 2 heterocycles. The van der Waals surface area contributed by atoms with Crippen LogP contribution in [0.4, 0.5) is 0 Å². The first-order chi connectivity index (χ1) is 42.7. The number of nitrogens with zero attached hydrogens (tertiary/aromatic N) is 5. The summed E-state index contributed by atoms with van der Waals surface area (Å²) in [6.07, 6.45) is 2.88. The monoisotopic (exact) mass is 1260 g/mol. The van der Waals surface area contributed by atoms with Gasteiger partial charge in [0, 0.05) is 62.7 Å². The van der Waals surface area contributed by atoms with E-state index in [4.69, 9.17) is 57.3 Å². The number of aromatic nitrogens is 1. The number of nitrogens with two attached hydrogens (primary N) is 10. The zero-order valence-electron chi connectivity index (χ0n) is 51.0. The first-order valence-electron chi connectivity index (χ1n) is 29.7. The molecule has 0 aliphatic carbocycles. The van der Waals surface area contributed by atoms with Crippen LogP contribution in [0, 0.1) is 5.92 Å². The third-order valence-electron chi connectivity index (χ3n) is 14.4. The number of primary amides is 1. The summed E-state index contributed by atoms with van der Waals surface area (Å²) in [6, 6.07) is 2.88. The summed E-state index contributed by atoms with van der Waals surface area (Å²) in [7, 11) is 0. The number of likely N-dealkylation sites (tertiary alicyclic amines) is 1. The smallest absolute Gasteiger partial charge is 0.245 e. The molecule has 0 saturated carbocycles. The molecule has 9 amide bonds. The summed E-state index contributed by atoms with van der Waals surface area (Å²) in [5.74, 6) is -7.95. The number of benzene rings is 2. The number of para-hydroxylation sites is 1. The average Bonchev–Trinajstić information content (AvgIpc) is 1.93. The van der Waals surface area contributed by atoms with Gasteiger partial charge in [0.25, 0.3) is 0 Å². The maximum absolute atomic E-state index is 14.9. The van der Waals surface area contributed by atoms with Crippen molar-refractivity contribution in [2.45, 2.75) is 146 Å².